The number of fused-ring (bicyclic) bond motifs is 1. The summed E-state index contributed by atoms with van der Waals surface area (Å²) in [5.74, 6) is 0.958. The van der Waals surface area contributed by atoms with Crippen molar-refractivity contribution in [3.63, 3.8) is 0 Å². The van der Waals surface area contributed by atoms with Gasteiger partial charge in [0.15, 0.2) is 5.78 Å². The van der Waals surface area contributed by atoms with Crippen LogP contribution in [-0.2, 0) is 12.8 Å². The van der Waals surface area contributed by atoms with E-state index in [0.29, 0.717) is 18.6 Å². The molecule has 0 amide bonds. The number of pyridine rings is 1. The average molecular weight is 346 g/mol. The van der Waals surface area contributed by atoms with Gasteiger partial charge in [0.25, 0.3) is 0 Å². The number of ketones is 1. The van der Waals surface area contributed by atoms with Gasteiger partial charge in [0.2, 0.25) is 0 Å². The van der Waals surface area contributed by atoms with Crippen molar-refractivity contribution in [2.24, 2.45) is 0 Å². The van der Waals surface area contributed by atoms with E-state index in [1.165, 1.54) is 5.56 Å². The highest BCUT2D eigenvalue weighted by Gasteiger charge is 2.20. The molecule has 3 rings (SSSR count). The maximum absolute atomic E-state index is 12.5. The second kappa shape index (κ2) is 5.60. The molecule has 2 heterocycles. The summed E-state index contributed by atoms with van der Waals surface area (Å²) in [4.78, 5) is 16.9. The van der Waals surface area contributed by atoms with Crippen LogP contribution in [-0.4, -0.2) is 17.4 Å². The largest absolute Gasteiger partial charge is 0.493 e. The average Bonchev–Trinajstić information content (AvgIpc) is 2.86. The van der Waals surface area contributed by atoms with Crippen molar-refractivity contribution in [3.8, 4) is 5.75 Å². The first-order chi connectivity index (χ1) is 10.0. The van der Waals surface area contributed by atoms with Crippen LogP contribution in [0.25, 0.3) is 0 Å². The fraction of sp³-hybridized carbons (Fsp3) is 0.294. The van der Waals surface area contributed by atoms with Gasteiger partial charge in [-0.1, -0.05) is 15.9 Å². The van der Waals surface area contributed by atoms with E-state index in [2.05, 4.69) is 27.0 Å². The third-order valence-corrected chi connectivity index (χ3v) is 4.16. The third-order valence-electron chi connectivity index (χ3n) is 3.70. The lowest BCUT2D eigenvalue weighted by Gasteiger charge is -2.10. The quantitative estimate of drug-likeness (QED) is 0.793. The highest BCUT2D eigenvalue weighted by molar-refractivity contribution is 9.10. The van der Waals surface area contributed by atoms with Gasteiger partial charge >= 0.3 is 0 Å². The zero-order chi connectivity index (χ0) is 15.0. The molecular formula is C17H16BrNO2. The molecule has 0 N–H and O–H groups in total. The summed E-state index contributed by atoms with van der Waals surface area (Å²) in [6.45, 7) is 4.50. The minimum Gasteiger partial charge on any atom is -0.493 e. The van der Waals surface area contributed by atoms with E-state index < -0.39 is 0 Å². The molecule has 2 aromatic rings. The molecule has 0 saturated heterocycles. The third kappa shape index (κ3) is 2.86. The van der Waals surface area contributed by atoms with Crippen LogP contribution in [0.1, 0.15) is 32.9 Å². The van der Waals surface area contributed by atoms with Crippen LogP contribution in [0, 0.1) is 13.8 Å². The number of ether oxygens (including phenoxy) is 1. The van der Waals surface area contributed by atoms with E-state index in [1.54, 1.807) is 0 Å². The fourth-order valence-electron chi connectivity index (χ4n) is 2.73. The number of carbonyl (C=O) groups is 1. The van der Waals surface area contributed by atoms with E-state index in [9.17, 15) is 4.79 Å². The first-order valence-corrected chi connectivity index (χ1v) is 7.75. The highest BCUT2D eigenvalue weighted by atomic mass is 79.9. The Morgan fingerprint density at radius 3 is 2.90 bits per heavy atom. The lowest BCUT2D eigenvalue weighted by Crippen LogP contribution is -2.08. The van der Waals surface area contributed by atoms with E-state index in [4.69, 9.17) is 4.74 Å². The molecule has 0 bridgehead atoms. The summed E-state index contributed by atoms with van der Waals surface area (Å²) in [5, 5.41) is 0. The fourth-order valence-corrected chi connectivity index (χ4v) is 3.28. The zero-order valence-corrected chi connectivity index (χ0v) is 13.7. The van der Waals surface area contributed by atoms with E-state index in [0.717, 1.165) is 33.6 Å². The number of hydrogen-bond donors (Lipinski definition) is 0. The number of benzene rings is 1. The normalized spacial score (nSPS) is 12.9. The predicted molar refractivity (Wildman–Crippen MR) is 85.1 cm³/mol. The summed E-state index contributed by atoms with van der Waals surface area (Å²) in [7, 11) is 0. The summed E-state index contributed by atoms with van der Waals surface area (Å²) in [6.07, 6.45) is 1.24. The van der Waals surface area contributed by atoms with E-state index in [1.807, 2.05) is 32.0 Å². The molecule has 1 aliphatic rings. The number of nitrogens with zero attached hydrogens (tertiary/aromatic N) is 1. The maximum atomic E-state index is 12.5. The predicted octanol–water partition coefficient (Wildman–Crippen LogP) is 3.82. The van der Waals surface area contributed by atoms with Gasteiger partial charge in [-0.2, -0.15) is 0 Å². The van der Waals surface area contributed by atoms with Crippen LogP contribution in [0.5, 0.6) is 5.75 Å². The summed E-state index contributed by atoms with van der Waals surface area (Å²) >= 11 is 3.51. The number of aryl methyl sites for hydroxylation is 2. The Labute approximate surface area is 132 Å². The Morgan fingerprint density at radius 1 is 1.33 bits per heavy atom. The van der Waals surface area contributed by atoms with Crippen molar-refractivity contribution in [1.82, 2.24) is 4.98 Å². The lowest BCUT2D eigenvalue weighted by atomic mass is 9.99. The van der Waals surface area contributed by atoms with Gasteiger partial charge in [0, 0.05) is 39.8 Å². The molecule has 0 atom stereocenters. The molecule has 21 heavy (non-hydrogen) atoms. The number of rotatable bonds is 3. The minimum atomic E-state index is 0.0794. The molecule has 4 heteroatoms. The molecule has 0 fully saturated rings. The Bertz CT molecular complexity index is 725. The monoisotopic (exact) mass is 345 g/mol. The zero-order valence-electron chi connectivity index (χ0n) is 12.1. The Morgan fingerprint density at radius 2 is 2.14 bits per heavy atom. The molecule has 0 unspecified atom stereocenters. The topological polar surface area (TPSA) is 39.2 Å². The number of aromatic nitrogens is 1. The molecule has 1 aromatic heterocycles. The van der Waals surface area contributed by atoms with Gasteiger partial charge in [-0.25, -0.2) is 0 Å². The van der Waals surface area contributed by atoms with Crippen molar-refractivity contribution < 1.29 is 9.53 Å². The lowest BCUT2D eigenvalue weighted by molar-refractivity contribution is 0.0991. The Hall–Kier alpha value is -1.68. The van der Waals surface area contributed by atoms with Gasteiger partial charge in [-0.05, 0) is 43.7 Å². The summed E-state index contributed by atoms with van der Waals surface area (Å²) in [5.41, 5.74) is 4.52. The first kappa shape index (κ1) is 14.3. The van der Waals surface area contributed by atoms with E-state index >= 15 is 0 Å². The second-order valence-corrected chi connectivity index (χ2v) is 6.25. The smallest absolute Gasteiger partial charge is 0.169 e. The van der Waals surface area contributed by atoms with Crippen molar-refractivity contribution in [1.29, 1.82) is 0 Å². The SMILES string of the molecule is Cc1ccc(C(=O)Cc2cc(Br)cc3c2OCC3)c(C)n1. The van der Waals surface area contributed by atoms with Gasteiger partial charge < -0.3 is 4.74 Å². The first-order valence-electron chi connectivity index (χ1n) is 6.96. The molecule has 1 aromatic carbocycles. The van der Waals surface area contributed by atoms with E-state index in [-0.39, 0.29) is 5.78 Å². The number of Topliss-reactive ketones (excluding diaryl/α,β-unsaturated/α-hetero) is 1. The van der Waals surface area contributed by atoms with Crippen LogP contribution < -0.4 is 4.74 Å². The van der Waals surface area contributed by atoms with Crippen molar-refractivity contribution in [2.75, 3.05) is 6.61 Å². The minimum absolute atomic E-state index is 0.0794. The van der Waals surface area contributed by atoms with Crippen LogP contribution in [0.4, 0.5) is 0 Å². The van der Waals surface area contributed by atoms with Crippen LogP contribution >= 0.6 is 15.9 Å². The second-order valence-electron chi connectivity index (χ2n) is 5.34. The van der Waals surface area contributed by atoms with Gasteiger partial charge in [-0.15, -0.1) is 0 Å². The van der Waals surface area contributed by atoms with Crippen molar-refractivity contribution in [2.45, 2.75) is 26.7 Å². The van der Waals surface area contributed by atoms with Crippen molar-refractivity contribution >= 4 is 21.7 Å². The van der Waals surface area contributed by atoms with Crippen LogP contribution in [0.3, 0.4) is 0 Å². The molecule has 108 valence electrons. The Balaban J connectivity index is 1.92. The Kier molecular flexibility index (Phi) is 3.81. The molecule has 0 aliphatic carbocycles. The molecule has 0 saturated carbocycles. The summed E-state index contributed by atoms with van der Waals surface area (Å²) in [6, 6.07) is 7.77. The summed E-state index contributed by atoms with van der Waals surface area (Å²) < 4.78 is 6.68. The molecule has 1 aliphatic heterocycles. The molecular weight excluding hydrogens is 330 g/mol. The van der Waals surface area contributed by atoms with Gasteiger partial charge in [0.05, 0.1) is 6.61 Å². The molecule has 0 radical (unpaired) electrons. The maximum Gasteiger partial charge on any atom is 0.169 e. The van der Waals surface area contributed by atoms with Crippen molar-refractivity contribution in [3.05, 3.63) is 56.8 Å². The molecule has 0 spiro atoms. The number of carbonyl (C=O) groups excluding carboxylic acids is 1. The van der Waals surface area contributed by atoms with Gasteiger partial charge in [-0.3, -0.25) is 9.78 Å². The number of hydrogen-bond acceptors (Lipinski definition) is 3. The standard InChI is InChI=1S/C17H16BrNO2/c1-10-3-4-15(11(2)19-10)16(20)9-13-8-14(18)7-12-5-6-21-17(12)13/h3-4,7-8H,5-6,9H2,1-2H3. The number of halogens is 1. The highest BCUT2D eigenvalue weighted by Crippen LogP contribution is 2.33. The molecule has 3 nitrogen and oxygen atoms in total. The van der Waals surface area contributed by atoms with Crippen LogP contribution in [0.15, 0.2) is 28.7 Å². The van der Waals surface area contributed by atoms with Gasteiger partial charge in [0.1, 0.15) is 5.75 Å². The van der Waals surface area contributed by atoms with Crippen LogP contribution in [0.2, 0.25) is 0 Å².